The first-order valence-corrected chi connectivity index (χ1v) is 6.68. The van der Waals surface area contributed by atoms with Gasteiger partial charge in [-0.1, -0.05) is 0 Å². The molecule has 0 saturated carbocycles. The molecule has 8 nitrogen and oxygen atoms in total. The van der Waals surface area contributed by atoms with Gasteiger partial charge in [-0.05, 0) is 24.9 Å². The number of aliphatic carboxylic acids is 1. The topological polar surface area (TPSA) is 119 Å². The van der Waals surface area contributed by atoms with Gasteiger partial charge in [0.25, 0.3) is 0 Å². The predicted octanol–water partition coefficient (Wildman–Crippen LogP) is 0.101. The molecule has 0 aromatic carbocycles. The molecule has 0 fully saturated rings. The van der Waals surface area contributed by atoms with Crippen LogP contribution in [0.4, 0.5) is 0 Å². The van der Waals surface area contributed by atoms with E-state index in [9.17, 15) is 9.59 Å². The second kappa shape index (κ2) is 10.1. The van der Waals surface area contributed by atoms with Crippen molar-refractivity contribution in [2.24, 2.45) is 0 Å². The van der Waals surface area contributed by atoms with Gasteiger partial charge in [0, 0.05) is 6.42 Å². The maximum Gasteiger partial charge on any atom is 0.326 e. The number of carbonyl (C=O) groups is 2. The monoisotopic (exact) mass is 282 g/mol. The molecular weight excluding hydrogens is 264 g/mol. The molecule has 0 aliphatic rings. The number of nitrogens with zero attached hydrogens (tertiary/aromatic N) is 1. The summed E-state index contributed by atoms with van der Waals surface area (Å²) in [5.74, 6) is -0.829. The molecule has 1 unspecified atom stereocenters. The largest absolute Gasteiger partial charge is 0.480 e. The molecule has 0 rings (SSSR count). The van der Waals surface area contributed by atoms with Crippen molar-refractivity contribution in [2.45, 2.75) is 25.3 Å². The van der Waals surface area contributed by atoms with Gasteiger partial charge in [-0.25, -0.2) is 4.79 Å². The van der Waals surface area contributed by atoms with Crippen molar-refractivity contribution in [3.05, 3.63) is 0 Å². The van der Waals surface area contributed by atoms with E-state index in [2.05, 4.69) is 10.2 Å². The van der Waals surface area contributed by atoms with Crippen LogP contribution in [-0.4, -0.2) is 57.4 Å². The fourth-order valence-electron chi connectivity index (χ4n) is 1.14. The zero-order chi connectivity index (χ0) is 14.0. The Morgan fingerprint density at radius 1 is 1.44 bits per heavy atom. The second-order valence-corrected chi connectivity index (χ2v) is 4.41. The zero-order valence-corrected chi connectivity index (χ0v) is 10.9. The first kappa shape index (κ1) is 17.1. The maximum atomic E-state index is 11.4. The van der Waals surface area contributed by atoms with Gasteiger partial charge in [0.2, 0.25) is 5.91 Å². The normalized spacial score (nSPS) is 12.4. The van der Waals surface area contributed by atoms with Crippen LogP contribution < -0.4 is 5.32 Å². The standard InChI is InChI=1S/C9H18N2O6S/c1-18-6-4-7(9(13)14)10-8(12)3-2-5-17-11(15)16/h7,15-16H,2-6H2,1H3,(H,10,12)(H,13,14). The van der Waals surface area contributed by atoms with Gasteiger partial charge in [0.05, 0.1) is 12.0 Å². The zero-order valence-electron chi connectivity index (χ0n) is 10.0. The molecule has 4 N–H and O–H groups in total. The summed E-state index contributed by atoms with van der Waals surface area (Å²) in [6.07, 6.45) is 2.52. The smallest absolute Gasteiger partial charge is 0.326 e. The van der Waals surface area contributed by atoms with E-state index in [1.165, 1.54) is 11.8 Å². The highest BCUT2D eigenvalue weighted by Crippen LogP contribution is 2.02. The first-order valence-electron chi connectivity index (χ1n) is 5.29. The van der Waals surface area contributed by atoms with Gasteiger partial charge in [-0.2, -0.15) is 11.8 Å². The van der Waals surface area contributed by atoms with E-state index < -0.39 is 23.3 Å². The highest BCUT2D eigenvalue weighted by atomic mass is 32.2. The molecular formula is C9H18N2O6S. The van der Waals surface area contributed by atoms with Crippen molar-refractivity contribution in [1.82, 2.24) is 10.7 Å². The van der Waals surface area contributed by atoms with Gasteiger partial charge in [0.15, 0.2) is 0 Å². The van der Waals surface area contributed by atoms with Gasteiger partial charge in [-0.15, -0.1) is 0 Å². The van der Waals surface area contributed by atoms with Gasteiger partial charge < -0.3 is 10.4 Å². The number of hydrogen-bond acceptors (Lipinski definition) is 7. The van der Waals surface area contributed by atoms with E-state index in [4.69, 9.17) is 15.5 Å². The van der Waals surface area contributed by atoms with E-state index in [0.717, 1.165) is 0 Å². The van der Waals surface area contributed by atoms with Crippen molar-refractivity contribution < 1.29 is 29.9 Å². The van der Waals surface area contributed by atoms with Crippen LogP contribution in [0.5, 0.6) is 0 Å². The molecule has 1 amide bonds. The average Bonchev–Trinajstić information content (AvgIpc) is 2.29. The van der Waals surface area contributed by atoms with Gasteiger partial charge in [-0.3, -0.25) is 20.0 Å². The molecule has 0 aromatic rings. The summed E-state index contributed by atoms with van der Waals surface area (Å²) in [6.45, 7) is -0.0526. The second-order valence-electron chi connectivity index (χ2n) is 3.43. The lowest BCUT2D eigenvalue weighted by Gasteiger charge is -2.13. The van der Waals surface area contributed by atoms with E-state index in [-0.39, 0.29) is 19.4 Å². The van der Waals surface area contributed by atoms with Crippen LogP contribution in [0.15, 0.2) is 0 Å². The number of rotatable bonds is 10. The third-order valence-corrected chi connectivity index (χ3v) is 2.64. The van der Waals surface area contributed by atoms with Crippen LogP contribution in [0.25, 0.3) is 0 Å². The van der Waals surface area contributed by atoms with Crippen LogP contribution >= 0.6 is 11.8 Å². The lowest BCUT2D eigenvalue weighted by atomic mass is 10.2. The van der Waals surface area contributed by atoms with E-state index >= 15 is 0 Å². The minimum Gasteiger partial charge on any atom is -0.480 e. The van der Waals surface area contributed by atoms with Crippen LogP contribution in [0, 0.1) is 0 Å². The number of amides is 1. The molecule has 0 aromatic heterocycles. The molecule has 0 aliphatic heterocycles. The van der Waals surface area contributed by atoms with Gasteiger partial charge >= 0.3 is 5.97 Å². The van der Waals surface area contributed by atoms with Crippen LogP contribution in [-0.2, 0) is 14.4 Å². The fraction of sp³-hybridized carbons (Fsp3) is 0.778. The quantitative estimate of drug-likeness (QED) is 0.329. The Morgan fingerprint density at radius 2 is 2.11 bits per heavy atom. The molecule has 0 spiro atoms. The molecule has 1 atom stereocenters. The van der Waals surface area contributed by atoms with Crippen molar-refractivity contribution in [2.75, 3.05) is 18.6 Å². The SMILES string of the molecule is CSCCC(NC(=O)CCCON(O)O)C(=O)O. The highest BCUT2D eigenvalue weighted by molar-refractivity contribution is 7.98. The molecule has 18 heavy (non-hydrogen) atoms. The third-order valence-electron chi connectivity index (χ3n) is 2.00. The minimum atomic E-state index is -1.06. The molecule has 9 heteroatoms. The van der Waals surface area contributed by atoms with Crippen molar-refractivity contribution in [3.63, 3.8) is 0 Å². The number of nitrogens with one attached hydrogen (secondary N) is 1. The van der Waals surface area contributed by atoms with E-state index in [1.54, 1.807) is 0 Å². The molecule has 0 bridgehead atoms. The summed E-state index contributed by atoms with van der Waals surface area (Å²) in [5, 5.41) is 27.3. The highest BCUT2D eigenvalue weighted by Gasteiger charge is 2.18. The number of carboxylic acids is 1. The van der Waals surface area contributed by atoms with Crippen molar-refractivity contribution in [1.29, 1.82) is 0 Å². The Bertz CT molecular complexity index is 263. The van der Waals surface area contributed by atoms with Crippen molar-refractivity contribution >= 4 is 23.6 Å². The third kappa shape index (κ3) is 9.19. The Hall–Kier alpha value is -0.870. The minimum absolute atomic E-state index is 0.0525. The summed E-state index contributed by atoms with van der Waals surface area (Å²) in [5.41, 5.74) is 0. The van der Waals surface area contributed by atoms with E-state index in [0.29, 0.717) is 12.2 Å². The number of thioether (sulfide) groups is 1. The summed E-state index contributed by atoms with van der Waals surface area (Å²) >= 11 is 1.50. The van der Waals surface area contributed by atoms with Crippen LogP contribution in [0.1, 0.15) is 19.3 Å². The van der Waals surface area contributed by atoms with E-state index in [1.807, 2.05) is 6.26 Å². The molecule has 0 aliphatic carbocycles. The molecule has 0 radical (unpaired) electrons. The maximum absolute atomic E-state index is 11.4. The average molecular weight is 282 g/mol. The summed E-state index contributed by atoms with van der Waals surface area (Å²) in [4.78, 5) is 26.5. The number of carboxylic acid groups (broad SMARTS) is 1. The van der Waals surface area contributed by atoms with Crippen LogP contribution in [0.2, 0.25) is 0 Å². The number of carbonyl (C=O) groups excluding carboxylic acids is 1. The Balaban J connectivity index is 3.84. The lowest BCUT2D eigenvalue weighted by molar-refractivity contribution is -0.492. The number of hydrogen-bond donors (Lipinski definition) is 4. The molecule has 0 heterocycles. The summed E-state index contributed by atoms with van der Waals surface area (Å²) in [6, 6.07) is -0.891. The summed E-state index contributed by atoms with van der Waals surface area (Å²) in [7, 11) is 0. The van der Waals surface area contributed by atoms with Crippen LogP contribution in [0.3, 0.4) is 0 Å². The van der Waals surface area contributed by atoms with Crippen molar-refractivity contribution in [3.8, 4) is 0 Å². The Kier molecular flexibility index (Phi) is 9.60. The first-order chi connectivity index (χ1) is 8.47. The lowest BCUT2D eigenvalue weighted by Crippen LogP contribution is -2.41. The Morgan fingerprint density at radius 3 is 2.61 bits per heavy atom. The summed E-state index contributed by atoms with van der Waals surface area (Å²) < 4.78 is 0. The molecule has 106 valence electrons. The Labute approximate surface area is 109 Å². The molecule has 0 saturated heterocycles. The van der Waals surface area contributed by atoms with Gasteiger partial charge in [0.1, 0.15) is 6.04 Å². The fourth-order valence-corrected chi connectivity index (χ4v) is 1.61. The predicted molar refractivity (Wildman–Crippen MR) is 63.2 cm³/mol.